The van der Waals surface area contributed by atoms with Crippen LogP contribution in [-0.4, -0.2) is 12.6 Å². The molecule has 1 aliphatic carbocycles. The van der Waals surface area contributed by atoms with Gasteiger partial charge in [0.2, 0.25) is 0 Å². The summed E-state index contributed by atoms with van der Waals surface area (Å²) >= 11 is 0. The Kier molecular flexibility index (Phi) is 3.79. The van der Waals surface area contributed by atoms with Gasteiger partial charge in [0.25, 0.3) is 0 Å². The predicted molar refractivity (Wildman–Crippen MR) is 77.9 cm³/mol. The Hall–Kier alpha value is -1.41. The Morgan fingerprint density at radius 2 is 1.79 bits per heavy atom. The molecule has 100 valence electrons. The lowest BCUT2D eigenvalue weighted by molar-refractivity contribution is 0.619. The van der Waals surface area contributed by atoms with Gasteiger partial charge in [0.05, 0.1) is 0 Å². The molecule has 0 heterocycles. The number of aryl methyl sites for hydroxylation is 1. The predicted octanol–water partition coefficient (Wildman–Crippen LogP) is 4.05. The first-order valence-corrected chi connectivity index (χ1v) is 7.24. The highest BCUT2D eigenvalue weighted by Gasteiger charge is 2.19. The summed E-state index contributed by atoms with van der Waals surface area (Å²) in [7, 11) is 0. The molecule has 0 saturated heterocycles. The van der Waals surface area contributed by atoms with E-state index in [1.807, 2.05) is 30.3 Å². The van der Waals surface area contributed by atoms with Crippen molar-refractivity contribution in [1.29, 1.82) is 0 Å². The van der Waals surface area contributed by atoms with Crippen LogP contribution in [0.15, 0.2) is 36.4 Å². The van der Waals surface area contributed by atoms with Crippen molar-refractivity contribution in [3.8, 4) is 0 Å². The number of rotatable bonds is 6. The van der Waals surface area contributed by atoms with Crippen LogP contribution in [0, 0.1) is 5.82 Å². The van der Waals surface area contributed by atoms with Crippen LogP contribution in [0.5, 0.6) is 0 Å². The summed E-state index contributed by atoms with van der Waals surface area (Å²) in [5.74, 6) is -0.116. The van der Waals surface area contributed by atoms with E-state index in [9.17, 15) is 4.39 Å². The molecule has 1 fully saturated rings. The fourth-order valence-electron chi connectivity index (χ4n) is 2.58. The zero-order valence-corrected chi connectivity index (χ0v) is 11.2. The van der Waals surface area contributed by atoms with Crippen LogP contribution in [0.4, 0.5) is 4.39 Å². The standard InChI is InChI=1S/C17H20FN/c18-17-11-8-13(15-6-1-2-7-16(15)17)5-3-4-12-19-14-9-10-14/h1-2,6-8,11,14,19H,3-5,9-10,12H2. The largest absolute Gasteiger partial charge is 0.314 e. The summed E-state index contributed by atoms with van der Waals surface area (Å²) in [5.41, 5.74) is 1.27. The number of hydrogen-bond donors (Lipinski definition) is 1. The Balaban J connectivity index is 1.61. The molecule has 2 aromatic carbocycles. The molecular formula is C17H20FN. The third-order valence-corrected chi connectivity index (χ3v) is 3.84. The van der Waals surface area contributed by atoms with Gasteiger partial charge < -0.3 is 5.32 Å². The van der Waals surface area contributed by atoms with Crippen molar-refractivity contribution in [2.24, 2.45) is 0 Å². The molecule has 0 aromatic heterocycles. The third-order valence-electron chi connectivity index (χ3n) is 3.84. The van der Waals surface area contributed by atoms with Gasteiger partial charge >= 0.3 is 0 Å². The molecule has 0 bridgehead atoms. The van der Waals surface area contributed by atoms with Crippen LogP contribution < -0.4 is 5.32 Å². The van der Waals surface area contributed by atoms with Crippen LogP contribution in [0.3, 0.4) is 0 Å². The molecule has 0 amide bonds. The first kappa shape index (κ1) is 12.6. The fourth-order valence-corrected chi connectivity index (χ4v) is 2.58. The minimum Gasteiger partial charge on any atom is -0.314 e. The first-order valence-electron chi connectivity index (χ1n) is 7.24. The van der Waals surface area contributed by atoms with Gasteiger partial charge in [-0.3, -0.25) is 0 Å². The normalized spacial score (nSPS) is 15.0. The molecule has 2 heteroatoms. The summed E-state index contributed by atoms with van der Waals surface area (Å²) in [4.78, 5) is 0. The Morgan fingerprint density at radius 3 is 2.58 bits per heavy atom. The number of fused-ring (bicyclic) bond motifs is 1. The van der Waals surface area contributed by atoms with Crippen molar-refractivity contribution in [2.45, 2.75) is 38.1 Å². The second-order valence-electron chi connectivity index (χ2n) is 5.44. The average Bonchev–Trinajstić information content (AvgIpc) is 3.25. The number of nitrogens with one attached hydrogen (secondary N) is 1. The minimum absolute atomic E-state index is 0.116. The quantitative estimate of drug-likeness (QED) is 0.770. The van der Waals surface area contributed by atoms with E-state index in [-0.39, 0.29) is 5.82 Å². The zero-order valence-electron chi connectivity index (χ0n) is 11.2. The molecule has 0 atom stereocenters. The average molecular weight is 257 g/mol. The van der Waals surface area contributed by atoms with Gasteiger partial charge in [0, 0.05) is 11.4 Å². The Labute approximate surface area is 113 Å². The van der Waals surface area contributed by atoms with Crippen LogP contribution in [-0.2, 0) is 6.42 Å². The summed E-state index contributed by atoms with van der Waals surface area (Å²) in [6.07, 6.45) is 6.09. The second kappa shape index (κ2) is 5.70. The molecule has 1 nitrogen and oxygen atoms in total. The summed E-state index contributed by atoms with van der Waals surface area (Å²) in [6.45, 7) is 1.11. The molecule has 1 saturated carbocycles. The topological polar surface area (TPSA) is 12.0 Å². The Morgan fingerprint density at radius 1 is 1.00 bits per heavy atom. The third kappa shape index (κ3) is 3.13. The highest BCUT2D eigenvalue weighted by molar-refractivity contribution is 5.86. The van der Waals surface area contributed by atoms with E-state index in [4.69, 9.17) is 0 Å². The maximum absolute atomic E-state index is 13.7. The smallest absolute Gasteiger partial charge is 0.131 e. The Bertz CT molecular complexity index is 560. The van der Waals surface area contributed by atoms with Gasteiger partial charge in [-0.05, 0) is 55.7 Å². The van der Waals surface area contributed by atoms with Crippen molar-refractivity contribution in [2.75, 3.05) is 6.54 Å². The van der Waals surface area contributed by atoms with E-state index in [1.165, 1.54) is 24.8 Å². The zero-order chi connectivity index (χ0) is 13.1. The maximum atomic E-state index is 13.7. The van der Waals surface area contributed by atoms with Crippen molar-refractivity contribution in [3.05, 3.63) is 47.8 Å². The van der Waals surface area contributed by atoms with Gasteiger partial charge in [-0.25, -0.2) is 4.39 Å². The number of hydrogen-bond acceptors (Lipinski definition) is 1. The van der Waals surface area contributed by atoms with Gasteiger partial charge in [-0.2, -0.15) is 0 Å². The number of unbranched alkanes of at least 4 members (excludes halogenated alkanes) is 1. The number of halogens is 1. The summed E-state index contributed by atoms with van der Waals surface area (Å²) in [5, 5.41) is 5.34. The molecule has 0 aliphatic heterocycles. The highest BCUT2D eigenvalue weighted by Crippen LogP contribution is 2.23. The van der Waals surface area contributed by atoms with Crippen molar-refractivity contribution >= 4 is 10.8 Å². The van der Waals surface area contributed by atoms with Crippen LogP contribution >= 0.6 is 0 Å². The van der Waals surface area contributed by atoms with Gasteiger partial charge in [-0.1, -0.05) is 30.3 Å². The van der Waals surface area contributed by atoms with E-state index in [1.54, 1.807) is 6.07 Å². The van der Waals surface area contributed by atoms with Crippen molar-refractivity contribution < 1.29 is 4.39 Å². The van der Waals surface area contributed by atoms with E-state index >= 15 is 0 Å². The van der Waals surface area contributed by atoms with Crippen LogP contribution in [0.25, 0.3) is 10.8 Å². The van der Waals surface area contributed by atoms with Gasteiger partial charge in [0.1, 0.15) is 5.82 Å². The molecule has 3 rings (SSSR count). The second-order valence-corrected chi connectivity index (χ2v) is 5.44. The monoisotopic (exact) mass is 257 g/mol. The summed E-state index contributed by atoms with van der Waals surface area (Å²) < 4.78 is 13.7. The van der Waals surface area contributed by atoms with Gasteiger partial charge in [0.15, 0.2) is 0 Å². The van der Waals surface area contributed by atoms with E-state index in [0.29, 0.717) is 0 Å². The first-order chi connectivity index (χ1) is 9.34. The lowest BCUT2D eigenvalue weighted by atomic mass is 10.00. The summed E-state index contributed by atoms with van der Waals surface area (Å²) in [6, 6.07) is 12.1. The molecule has 1 N–H and O–H groups in total. The molecular weight excluding hydrogens is 237 g/mol. The minimum atomic E-state index is -0.116. The van der Waals surface area contributed by atoms with Crippen molar-refractivity contribution in [3.63, 3.8) is 0 Å². The SMILES string of the molecule is Fc1ccc(CCCCNC2CC2)c2ccccc12. The van der Waals surface area contributed by atoms with Gasteiger partial charge in [-0.15, -0.1) is 0 Å². The molecule has 19 heavy (non-hydrogen) atoms. The molecule has 1 aliphatic rings. The van der Waals surface area contributed by atoms with Crippen molar-refractivity contribution in [1.82, 2.24) is 5.32 Å². The van der Waals surface area contributed by atoms with Crippen LogP contribution in [0.1, 0.15) is 31.2 Å². The number of benzene rings is 2. The molecule has 0 unspecified atom stereocenters. The molecule has 0 radical (unpaired) electrons. The van der Waals surface area contributed by atoms with E-state index < -0.39 is 0 Å². The maximum Gasteiger partial charge on any atom is 0.131 e. The van der Waals surface area contributed by atoms with Crippen LogP contribution in [0.2, 0.25) is 0 Å². The highest BCUT2D eigenvalue weighted by atomic mass is 19.1. The lowest BCUT2D eigenvalue weighted by Crippen LogP contribution is -2.17. The van der Waals surface area contributed by atoms with E-state index in [2.05, 4.69) is 5.32 Å². The molecule has 2 aromatic rings. The molecule has 0 spiro atoms. The van der Waals surface area contributed by atoms with E-state index in [0.717, 1.165) is 36.2 Å². The lowest BCUT2D eigenvalue weighted by Gasteiger charge is -2.08. The fraction of sp³-hybridized carbons (Fsp3) is 0.412.